The minimum atomic E-state index is -0.204. The molecule has 0 atom stereocenters. The molecule has 7 heteroatoms. The maximum atomic E-state index is 13.1. The molecular weight excluding hydrogens is 368 g/mol. The number of hydrogen-bond donors (Lipinski definition) is 1. The second-order valence-corrected chi connectivity index (χ2v) is 8.38. The SMILES string of the molecule is Cc1nc(C2CCN(C(=O)c3c(C)ccn(CCC(C)C)c3=O)CC2)cc(=O)[nH]1. The van der Waals surface area contributed by atoms with Crippen molar-refractivity contribution in [3.05, 3.63) is 61.7 Å². The number of hydrogen-bond acceptors (Lipinski definition) is 4. The molecule has 1 amide bonds. The van der Waals surface area contributed by atoms with Crippen LogP contribution in [0.5, 0.6) is 0 Å². The molecule has 0 saturated carbocycles. The van der Waals surface area contributed by atoms with E-state index in [2.05, 4.69) is 23.8 Å². The van der Waals surface area contributed by atoms with Gasteiger partial charge in [0.15, 0.2) is 0 Å². The molecule has 3 heterocycles. The molecule has 0 aliphatic carbocycles. The molecule has 0 spiro atoms. The highest BCUT2D eigenvalue weighted by Crippen LogP contribution is 2.26. The number of piperidine rings is 1. The highest BCUT2D eigenvalue weighted by molar-refractivity contribution is 5.95. The first-order chi connectivity index (χ1) is 13.8. The summed E-state index contributed by atoms with van der Waals surface area (Å²) < 4.78 is 1.65. The van der Waals surface area contributed by atoms with Crippen molar-refractivity contribution in [1.82, 2.24) is 19.4 Å². The topological polar surface area (TPSA) is 88.1 Å². The molecule has 1 aliphatic rings. The number of carbonyl (C=O) groups excluding carboxylic acids is 1. The van der Waals surface area contributed by atoms with Gasteiger partial charge in [-0.1, -0.05) is 13.8 Å². The third-order valence-electron chi connectivity index (χ3n) is 5.62. The van der Waals surface area contributed by atoms with Crippen molar-refractivity contribution in [3.63, 3.8) is 0 Å². The number of aromatic nitrogens is 3. The van der Waals surface area contributed by atoms with Crippen molar-refractivity contribution in [3.8, 4) is 0 Å². The van der Waals surface area contributed by atoms with E-state index < -0.39 is 0 Å². The van der Waals surface area contributed by atoms with Crippen LogP contribution in [-0.4, -0.2) is 38.4 Å². The predicted molar refractivity (Wildman–Crippen MR) is 112 cm³/mol. The Balaban J connectivity index is 1.74. The molecule has 2 aromatic rings. The van der Waals surface area contributed by atoms with Gasteiger partial charge in [0.1, 0.15) is 11.4 Å². The summed E-state index contributed by atoms with van der Waals surface area (Å²) in [4.78, 5) is 46.6. The molecular formula is C22H30N4O3. The summed E-state index contributed by atoms with van der Waals surface area (Å²) in [5.74, 6) is 1.05. The van der Waals surface area contributed by atoms with Crippen molar-refractivity contribution in [2.45, 2.75) is 59.4 Å². The molecule has 1 aliphatic heterocycles. The Morgan fingerprint density at radius 2 is 1.93 bits per heavy atom. The van der Waals surface area contributed by atoms with Crippen LogP contribution in [0.2, 0.25) is 0 Å². The van der Waals surface area contributed by atoms with E-state index in [-0.39, 0.29) is 28.5 Å². The smallest absolute Gasteiger partial charge is 0.263 e. The minimum Gasteiger partial charge on any atom is -0.338 e. The fourth-order valence-electron chi connectivity index (χ4n) is 3.85. The first kappa shape index (κ1) is 21.0. The normalized spacial score (nSPS) is 15.1. The van der Waals surface area contributed by atoms with Crippen LogP contribution in [-0.2, 0) is 6.54 Å². The summed E-state index contributed by atoms with van der Waals surface area (Å²) in [7, 11) is 0. The highest BCUT2D eigenvalue weighted by Gasteiger charge is 2.28. The lowest BCUT2D eigenvalue weighted by Crippen LogP contribution is -2.42. The lowest BCUT2D eigenvalue weighted by molar-refractivity contribution is 0.0708. The van der Waals surface area contributed by atoms with E-state index in [9.17, 15) is 14.4 Å². The van der Waals surface area contributed by atoms with Gasteiger partial charge < -0.3 is 14.5 Å². The third-order valence-corrected chi connectivity index (χ3v) is 5.62. The number of aromatic amines is 1. The van der Waals surface area contributed by atoms with Crippen molar-refractivity contribution >= 4 is 5.91 Å². The van der Waals surface area contributed by atoms with E-state index in [4.69, 9.17) is 0 Å². The molecule has 0 unspecified atom stereocenters. The van der Waals surface area contributed by atoms with E-state index in [1.54, 1.807) is 28.7 Å². The Hall–Kier alpha value is -2.70. The molecule has 0 bridgehead atoms. The number of amides is 1. The third kappa shape index (κ3) is 4.83. The molecule has 2 aromatic heterocycles. The van der Waals surface area contributed by atoms with Crippen LogP contribution in [0.15, 0.2) is 27.9 Å². The number of H-pyrrole nitrogens is 1. The van der Waals surface area contributed by atoms with Gasteiger partial charge in [-0.15, -0.1) is 0 Å². The molecule has 7 nitrogen and oxygen atoms in total. The van der Waals surface area contributed by atoms with Crippen LogP contribution in [0.3, 0.4) is 0 Å². The highest BCUT2D eigenvalue weighted by atomic mass is 16.2. The largest absolute Gasteiger partial charge is 0.338 e. The maximum Gasteiger partial charge on any atom is 0.263 e. The lowest BCUT2D eigenvalue weighted by Gasteiger charge is -2.32. The van der Waals surface area contributed by atoms with Crippen LogP contribution in [0, 0.1) is 19.8 Å². The van der Waals surface area contributed by atoms with E-state index in [1.807, 2.05) is 13.0 Å². The Morgan fingerprint density at radius 3 is 2.55 bits per heavy atom. The Bertz CT molecular complexity index is 998. The zero-order valence-electron chi connectivity index (χ0n) is 17.7. The monoisotopic (exact) mass is 398 g/mol. The van der Waals surface area contributed by atoms with E-state index >= 15 is 0 Å². The van der Waals surface area contributed by atoms with Crippen LogP contribution in [0.4, 0.5) is 0 Å². The zero-order valence-corrected chi connectivity index (χ0v) is 17.7. The maximum absolute atomic E-state index is 13.1. The molecule has 1 fully saturated rings. The van der Waals surface area contributed by atoms with Crippen molar-refractivity contribution in [1.29, 1.82) is 0 Å². The molecule has 1 saturated heterocycles. The second-order valence-electron chi connectivity index (χ2n) is 8.38. The predicted octanol–water partition coefficient (Wildman–Crippen LogP) is 2.61. The molecule has 29 heavy (non-hydrogen) atoms. The number of carbonyl (C=O) groups is 1. The van der Waals surface area contributed by atoms with E-state index in [0.717, 1.165) is 30.5 Å². The summed E-state index contributed by atoms with van der Waals surface area (Å²) in [5, 5.41) is 0. The quantitative estimate of drug-likeness (QED) is 0.839. The van der Waals surface area contributed by atoms with E-state index in [1.165, 1.54) is 0 Å². The fraction of sp³-hybridized carbons (Fsp3) is 0.545. The Labute approximate surface area is 170 Å². The molecule has 1 N–H and O–H groups in total. The minimum absolute atomic E-state index is 0.145. The summed E-state index contributed by atoms with van der Waals surface area (Å²) in [5.41, 5.74) is 1.43. The van der Waals surface area contributed by atoms with Gasteiger partial charge in [-0.3, -0.25) is 14.4 Å². The fourth-order valence-corrected chi connectivity index (χ4v) is 3.85. The van der Waals surface area contributed by atoms with Crippen molar-refractivity contribution < 1.29 is 4.79 Å². The first-order valence-corrected chi connectivity index (χ1v) is 10.3. The standard InChI is InChI=1S/C22H30N4O3/c1-14(2)5-9-25-10-6-15(3)20(21(25)28)22(29)26-11-7-17(8-12-26)18-13-19(27)24-16(4)23-18/h6,10,13-14,17H,5,7-9,11-12H2,1-4H3,(H,23,24,27). The van der Waals surface area contributed by atoms with Gasteiger partial charge in [0, 0.05) is 37.8 Å². The van der Waals surface area contributed by atoms with Gasteiger partial charge in [0.05, 0.1) is 5.69 Å². The summed E-state index contributed by atoms with van der Waals surface area (Å²) in [6.07, 6.45) is 4.14. The van der Waals surface area contributed by atoms with Crippen molar-refractivity contribution in [2.75, 3.05) is 13.1 Å². The van der Waals surface area contributed by atoms with Gasteiger partial charge in [0.2, 0.25) is 0 Å². The zero-order chi connectivity index (χ0) is 21.1. The van der Waals surface area contributed by atoms with Gasteiger partial charge in [-0.05, 0) is 50.7 Å². The Morgan fingerprint density at radius 1 is 1.24 bits per heavy atom. The molecule has 3 rings (SSSR count). The van der Waals surface area contributed by atoms with Gasteiger partial charge in [0.25, 0.3) is 17.0 Å². The number of likely N-dealkylation sites (tertiary alicyclic amines) is 1. The van der Waals surface area contributed by atoms with Gasteiger partial charge >= 0.3 is 0 Å². The molecule has 0 radical (unpaired) electrons. The summed E-state index contributed by atoms with van der Waals surface area (Å²) >= 11 is 0. The number of rotatable bonds is 5. The number of nitrogens with zero attached hydrogens (tertiary/aromatic N) is 3. The Kier molecular flexibility index (Phi) is 6.35. The number of aryl methyl sites for hydroxylation is 3. The summed E-state index contributed by atoms with van der Waals surface area (Å²) in [6, 6.07) is 3.40. The average Bonchev–Trinajstić information content (AvgIpc) is 2.66. The molecule has 156 valence electrons. The van der Waals surface area contributed by atoms with Gasteiger partial charge in [-0.2, -0.15) is 0 Å². The second kappa shape index (κ2) is 8.76. The van der Waals surface area contributed by atoms with Crippen LogP contribution >= 0.6 is 0 Å². The average molecular weight is 399 g/mol. The van der Waals surface area contributed by atoms with Gasteiger partial charge in [-0.25, -0.2) is 4.98 Å². The van der Waals surface area contributed by atoms with Crippen molar-refractivity contribution in [2.24, 2.45) is 5.92 Å². The summed E-state index contributed by atoms with van der Waals surface area (Å²) in [6.45, 7) is 9.54. The lowest BCUT2D eigenvalue weighted by atomic mass is 9.92. The van der Waals surface area contributed by atoms with Crippen LogP contribution < -0.4 is 11.1 Å². The van der Waals surface area contributed by atoms with Crippen LogP contribution in [0.25, 0.3) is 0 Å². The van der Waals surface area contributed by atoms with Crippen LogP contribution in [0.1, 0.15) is 66.5 Å². The molecule has 0 aromatic carbocycles. The first-order valence-electron chi connectivity index (χ1n) is 10.3. The number of pyridine rings is 1. The van der Waals surface area contributed by atoms with E-state index in [0.29, 0.717) is 31.4 Å². The number of nitrogens with one attached hydrogen (secondary N) is 1.